The molecule has 436 valence electrons. The number of carbonyl (C=O) groups is 4. The fourth-order valence-electron chi connectivity index (χ4n) is 9.67. The van der Waals surface area contributed by atoms with E-state index in [2.05, 4.69) is 55.4 Å². The highest BCUT2D eigenvalue weighted by Gasteiger charge is 2.46. The Bertz CT molecular complexity index is 1130. The average molecular weight is 1050 g/mol. The van der Waals surface area contributed by atoms with Crippen LogP contribution in [0, 0.1) is 23.7 Å². The molecule has 0 aromatic heterocycles. The topological polar surface area (TPSA) is 142 Å². The molecule has 12 nitrogen and oxygen atoms in total. The highest BCUT2D eigenvalue weighted by molar-refractivity contribution is 5.63. The maximum absolute atomic E-state index is 13.2. The fraction of sp³-hybridized carbons (Fsp3) is 0.935. The Labute approximate surface area is 454 Å². The van der Waals surface area contributed by atoms with E-state index in [1.165, 1.54) is 128 Å². The Morgan fingerprint density at radius 2 is 0.405 bits per heavy atom. The second kappa shape index (κ2) is 48.5. The maximum atomic E-state index is 13.2. The molecule has 0 saturated heterocycles. The Hall–Kier alpha value is -2.92. The van der Waals surface area contributed by atoms with Crippen molar-refractivity contribution in [2.45, 2.75) is 324 Å². The molecule has 0 bridgehead atoms. The molecule has 1 aliphatic rings. The van der Waals surface area contributed by atoms with Gasteiger partial charge in [0.25, 0.3) is 0 Å². The van der Waals surface area contributed by atoms with Crippen LogP contribution in [0.15, 0.2) is 0 Å². The van der Waals surface area contributed by atoms with Gasteiger partial charge in [0.15, 0.2) is 0 Å². The van der Waals surface area contributed by atoms with Gasteiger partial charge >= 0.3 is 24.6 Å². The normalized spacial score (nSPS) is 16.7. The molecular formula is C62H116O12. The van der Waals surface area contributed by atoms with Gasteiger partial charge in [0.1, 0.15) is 24.4 Å². The van der Waals surface area contributed by atoms with Crippen molar-refractivity contribution in [3.05, 3.63) is 0 Å². The molecule has 1 fully saturated rings. The molecular weight excluding hydrogens is 937 g/mol. The van der Waals surface area contributed by atoms with Crippen molar-refractivity contribution >= 4 is 24.6 Å². The number of carbonyl (C=O) groups excluding carboxylic acids is 4. The van der Waals surface area contributed by atoms with Crippen LogP contribution in [0.25, 0.3) is 0 Å². The molecule has 0 aliphatic heterocycles. The lowest BCUT2D eigenvalue weighted by Gasteiger charge is -2.38. The van der Waals surface area contributed by atoms with E-state index in [-0.39, 0.29) is 39.3 Å². The first kappa shape index (κ1) is 69.1. The third-order valence-corrected chi connectivity index (χ3v) is 14.3. The summed E-state index contributed by atoms with van der Waals surface area (Å²) in [5.74, 6) is 3.02. The molecule has 0 amide bonds. The molecule has 1 saturated carbocycles. The summed E-state index contributed by atoms with van der Waals surface area (Å²) in [6, 6.07) is 0. The van der Waals surface area contributed by atoms with E-state index in [0.29, 0.717) is 25.7 Å². The SMILES string of the molecule is CC(C)CCCCCCCCCCOC(=O)OC1CC(OC(=O)OCCCCCCCCCCC(C)C)C(OC(=O)OCCCCCCCCCCC(C)C)CC1OC(=O)OCCCCCCCCCCC(C)C. The van der Waals surface area contributed by atoms with Gasteiger partial charge < -0.3 is 37.9 Å². The van der Waals surface area contributed by atoms with Crippen molar-refractivity contribution in [3.63, 3.8) is 0 Å². The van der Waals surface area contributed by atoms with Crippen LogP contribution in [0.3, 0.4) is 0 Å². The molecule has 0 radical (unpaired) electrons. The van der Waals surface area contributed by atoms with Gasteiger partial charge in [-0.25, -0.2) is 19.2 Å². The first-order chi connectivity index (χ1) is 35.8. The molecule has 0 spiro atoms. The van der Waals surface area contributed by atoms with Gasteiger partial charge in [0.05, 0.1) is 26.4 Å². The lowest BCUT2D eigenvalue weighted by molar-refractivity contribution is -0.142. The average Bonchev–Trinajstić information content (AvgIpc) is 3.34. The number of hydrogen-bond donors (Lipinski definition) is 0. The Morgan fingerprint density at radius 3 is 0.568 bits per heavy atom. The second-order valence-electron chi connectivity index (χ2n) is 23.5. The lowest BCUT2D eigenvalue weighted by atomic mass is 9.89. The van der Waals surface area contributed by atoms with E-state index in [9.17, 15) is 19.2 Å². The molecule has 12 heteroatoms. The first-order valence-corrected chi connectivity index (χ1v) is 31.1. The Morgan fingerprint density at radius 1 is 0.257 bits per heavy atom. The van der Waals surface area contributed by atoms with Crippen LogP contribution >= 0.6 is 0 Å². The molecule has 4 unspecified atom stereocenters. The molecule has 0 aromatic rings. The predicted octanol–water partition coefficient (Wildman–Crippen LogP) is 19.5. The summed E-state index contributed by atoms with van der Waals surface area (Å²) in [7, 11) is 0. The molecule has 74 heavy (non-hydrogen) atoms. The van der Waals surface area contributed by atoms with Gasteiger partial charge in [0, 0.05) is 12.8 Å². The van der Waals surface area contributed by atoms with E-state index in [4.69, 9.17) is 37.9 Å². The van der Waals surface area contributed by atoms with Gasteiger partial charge in [-0.2, -0.15) is 0 Å². The van der Waals surface area contributed by atoms with Crippen LogP contribution in [0.1, 0.15) is 299 Å². The van der Waals surface area contributed by atoms with Crippen molar-refractivity contribution in [2.75, 3.05) is 26.4 Å². The zero-order valence-corrected chi connectivity index (χ0v) is 49.2. The highest BCUT2D eigenvalue weighted by Crippen LogP contribution is 2.31. The van der Waals surface area contributed by atoms with Crippen molar-refractivity contribution in [3.8, 4) is 0 Å². The summed E-state index contributed by atoms with van der Waals surface area (Å²) < 4.78 is 45.3. The predicted molar refractivity (Wildman–Crippen MR) is 300 cm³/mol. The Balaban J connectivity index is 2.89. The summed E-state index contributed by atoms with van der Waals surface area (Å²) in [6.45, 7) is 18.9. The maximum Gasteiger partial charge on any atom is 0.508 e. The fourth-order valence-corrected chi connectivity index (χ4v) is 9.67. The summed E-state index contributed by atoms with van der Waals surface area (Å²) >= 11 is 0. The van der Waals surface area contributed by atoms with Crippen molar-refractivity contribution in [2.24, 2.45) is 23.7 Å². The Kier molecular flexibility index (Phi) is 45.2. The molecule has 0 aromatic carbocycles. The molecule has 1 rings (SSSR count). The van der Waals surface area contributed by atoms with E-state index in [1.807, 2.05) is 0 Å². The van der Waals surface area contributed by atoms with Crippen LogP contribution in [0.5, 0.6) is 0 Å². The van der Waals surface area contributed by atoms with Gasteiger partial charge in [-0.15, -0.1) is 0 Å². The van der Waals surface area contributed by atoms with Gasteiger partial charge in [-0.05, 0) is 49.4 Å². The van der Waals surface area contributed by atoms with E-state index < -0.39 is 49.0 Å². The molecule has 0 heterocycles. The van der Waals surface area contributed by atoms with Crippen molar-refractivity contribution < 1.29 is 57.1 Å². The minimum absolute atomic E-state index is 0.136. The zero-order chi connectivity index (χ0) is 54.3. The second-order valence-corrected chi connectivity index (χ2v) is 23.5. The monoisotopic (exact) mass is 1050 g/mol. The molecule has 4 atom stereocenters. The van der Waals surface area contributed by atoms with E-state index >= 15 is 0 Å². The smallest absolute Gasteiger partial charge is 0.434 e. The first-order valence-electron chi connectivity index (χ1n) is 31.1. The molecule has 1 aliphatic carbocycles. The van der Waals surface area contributed by atoms with Crippen molar-refractivity contribution in [1.29, 1.82) is 0 Å². The standard InChI is InChI=1S/C62H116O12/c1-51(2)41-33-25-17-9-13-21-29-37-45-67-59(63)71-55-49-57(73-61(65)69-47-39-31-23-15-11-19-27-35-43-53(5)6)58(74-62(66)70-48-40-32-24-16-12-20-28-36-44-54(7)8)50-56(55)72-60(64)68-46-38-30-22-14-10-18-26-34-42-52(3)4/h51-58H,9-50H2,1-8H3. The van der Waals surface area contributed by atoms with Crippen molar-refractivity contribution in [1.82, 2.24) is 0 Å². The van der Waals surface area contributed by atoms with E-state index in [1.54, 1.807) is 0 Å². The third-order valence-electron chi connectivity index (χ3n) is 14.3. The lowest BCUT2D eigenvalue weighted by Crippen LogP contribution is -2.51. The summed E-state index contributed by atoms with van der Waals surface area (Å²) in [5.41, 5.74) is 0. The molecule has 0 N–H and O–H groups in total. The summed E-state index contributed by atoms with van der Waals surface area (Å²) in [5, 5.41) is 0. The quantitative estimate of drug-likeness (QED) is 0.0325. The number of unbranched alkanes of at least 4 members (excludes halogenated alkanes) is 28. The van der Waals surface area contributed by atoms with Crippen LogP contribution in [0.4, 0.5) is 19.2 Å². The van der Waals surface area contributed by atoms with E-state index in [0.717, 1.165) is 101 Å². The van der Waals surface area contributed by atoms with Crippen LogP contribution < -0.4 is 0 Å². The third kappa shape index (κ3) is 44.2. The highest BCUT2D eigenvalue weighted by atomic mass is 16.8. The number of hydrogen-bond acceptors (Lipinski definition) is 12. The zero-order valence-electron chi connectivity index (χ0n) is 49.2. The van der Waals surface area contributed by atoms with Gasteiger partial charge in [0.2, 0.25) is 0 Å². The minimum Gasteiger partial charge on any atom is -0.434 e. The summed E-state index contributed by atoms with van der Waals surface area (Å²) in [6.07, 6.45) is 32.4. The van der Waals surface area contributed by atoms with Gasteiger partial charge in [-0.3, -0.25) is 0 Å². The van der Waals surface area contributed by atoms with Crippen LogP contribution in [-0.2, 0) is 37.9 Å². The minimum atomic E-state index is -1.08. The largest absolute Gasteiger partial charge is 0.508 e. The number of ether oxygens (including phenoxy) is 8. The van der Waals surface area contributed by atoms with Crippen LogP contribution in [0.2, 0.25) is 0 Å². The van der Waals surface area contributed by atoms with Gasteiger partial charge in [-0.1, -0.05) is 261 Å². The summed E-state index contributed by atoms with van der Waals surface area (Å²) in [4.78, 5) is 52.8. The van der Waals surface area contributed by atoms with Crippen LogP contribution in [-0.4, -0.2) is 75.5 Å². The number of rotatable bonds is 48.